The van der Waals surface area contributed by atoms with Gasteiger partial charge in [-0.05, 0) is 61.1 Å². The molecule has 0 saturated carbocycles. The third kappa shape index (κ3) is 9.17. The number of guanidine groups is 1. The summed E-state index contributed by atoms with van der Waals surface area (Å²) in [7, 11) is 3.22. The second-order valence-electron chi connectivity index (χ2n) is 11.9. The number of amides is 2. The maximum absolute atomic E-state index is 12.9. The van der Waals surface area contributed by atoms with E-state index < -0.39 is 12.0 Å². The van der Waals surface area contributed by atoms with Gasteiger partial charge in [-0.25, -0.2) is 9.79 Å². The first kappa shape index (κ1) is 35.6. The first-order chi connectivity index (χ1) is 22.4. The van der Waals surface area contributed by atoms with Crippen molar-refractivity contribution in [2.75, 3.05) is 26.7 Å². The molecule has 47 heavy (non-hydrogen) atoms. The Balaban J connectivity index is 1.34. The van der Waals surface area contributed by atoms with E-state index in [1.165, 1.54) is 7.11 Å². The number of likely N-dealkylation sites (tertiary alicyclic amines) is 1. The Kier molecular flexibility index (Phi) is 12.1. The highest BCUT2D eigenvalue weighted by Gasteiger charge is 2.28. The monoisotopic (exact) mass is 685 g/mol. The zero-order valence-electron chi connectivity index (χ0n) is 27.0. The minimum atomic E-state index is -0.733. The molecule has 1 fully saturated rings. The number of nitrogens with two attached hydrogens (primary N) is 2. The Bertz CT molecular complexity index is 1610. The number of esters is 1. The molecular weight excluding hydrogens is 645 g/mol. The summed E-state index contributed by atoms with van der Waals surface area (Å²) >= 11 is 13.3. The molecular formula is C33H41Cl2N7O5. The van der Waals surface area contributed by atoms with Gasteiger partial charge in [0.2, 0.25) is 11.8 Å². The van der Waals surface area contributed by atoms with E-state index in [0.29, 0.717) is 47.1 Å². The molecule has 1 aliphatic rings. The number of piperidine rings is 1. The second kappa shape index (κ2) is 16.0. The number of carbonyl (C=O) groups excluding carboxylic acids is 3. The van der Waals surface area contributed by atoms with Crippen LogP contribution in [0.15, 0.2) is 47.5 Å². The van der Waals surface area contributed by atoms with Gasteiger partial charge in [-0.2, -0.15) is 5.10 Å². The van der Waals surface area contributed by atoms with E-state index in [0.717, 1.165) is 24.1 Å². The van der Waals surface area contributed by atoms with Crippen molar-refractivity contribution in [1.82, 2.24) is 20.0 Å². The predicted octanol–water partition coefficient (Wildman–Crippen LogP) is 4.27. The highest BCUT2D eigenvalue weighted by molar-refractivity contribution is 6.44. The highest BCUT2D eigenvalue weighted by atomic mass is 35.5. The van der Waals surface area contributed by atoms with E-state index >= 15 is 0 Å². The van der Waals surface area contributed by atoms with Crippen LogP contribution in [0.1, 0.15) is 60.6 Å². The summed E-state index contributed by atoms with van der Waals surface area (Å²) in [4.78, 5) is 43.0. The molecule has 0 radical (unpaired) electrons. The molecule has 2 heterocycles. The lowest BCUT2D eigenvalue weighted by Gasteiger charge is -2.32. The molecule has 1 saturated heterocycles. The van der Waals surface area contributed by atoms with Crippen LogP contribution in [0.25, 0.3) is 11.3 Å². The molecule has 0 aliphatic carbocycles. The van der Waals surface area contributed by atoms with E-state index in [4.69, 9.17) is 49.2 Å². The van der Waals surface area contributed by atoms with Crippen LogP contribution in [0.4, 0.5) is 0 Å². The van der Waals surface area contributed by atoms with E-state index in [1.807, 2.05) is 37.7 Å². The SMILES string of the molecule is COC(=O)c1ccc(COc2ccc(-c3cc(C4CCN(C(=O)CNC(=O)[C@@H](CC(C)C)N=C(N)N)CC4)n(C)n3)c(Cl)c2Cl)cc1. The largest absolute Gasteiger partial charge is 0.487 e. The van der Waals surface area contributed by atoms with Crippen LogP contribution in [0, 0.1) is 5.92 Å². The Morgan fingerprint density at radius 3 is 2.36 bits per heavy atom. The molecule has 0 unspecified atom stereocenters. The Morgan fingerprint density at radius 1 is 1.06 bits per heavy atom. The van der Waals surface area contributed by atoms with Crippen molar-refractivity contribution in [2.45, 2.75) is 51.7 Å². The van der Waals surface area contributed by atoms with Gasteiger partial charge < -0.3 is 31.2 Å². The number of aromatic nitrogens is 2. The van der Waals surface area contributed by atoms with Crippen molar-refractivity contribution in [3.05, 3.63) is 69.3 Å². The number of hydrogen-bond acceptors (Lipinski definition) is 7. The van der Waals surface area contributed by atoms with Crippen molar-refractivity contribution in [2.24, 2.45) is 29.4 Å². The number of rotatable bonds is 12. The molecule has 14 heteroatoms. The molecule has 5 N–H and O–H groups in total. The van der Waals surface area contributed by atoms with Crippen LogP contribution in [0.5, 0.6) is 5.75 Å². The summed E-state index contributed by atoms with van der Waals surface area (Å²) in [6.45, 7) is 5.15. The normalized spacial score (nSPS) is 14.1. The third-order valence-electron chi connectivity index (χ3n) is 7.99. The topological polar surface area (TPSA) is 167 Å². The third-order valence-corrected chi connectivity index (χ3v) is 8.85. The number of halogens is 2. The number of hydrogen-bond donors (Lipinski definition) is 3. The number of aryl methyl sites for hydroxylation is 1. The van der Waals surface area contributed by atoms with Crippen LogP contribution in [0.2, 0.25) is 10.0 Å². The fourth-order valence-corrected chi connectivity index (χ4v) is 5.99. The Hall–Kier alpha value is -4.29. The fourth-order valence-electron chi connectivity index (χ4n) is 5.51. The zero-order valence-corrected chi connectivity index (χ0v) is 28.5. The van der Waals surface area contributed by atoms with Gasteiger partial charge in [0.15, 0.2) is 5.96 Å². The van der Waals surface area contributed by atoms with Gasteiger partial charge in [0, 0.05) is 37.3 Å². The Morgan fingerprint density at radius 2 is 1.74 bits per heavy atom. The second-order valence-corrected chi connectivity index (χ2v) is 12.6. The minimum Gasteiger partial charge on any atom is -0.487 e. The number of ether oxygens (including phenoxy) is 2. The zero-order chi connectivity index (χ0) is 34.2. The molecule has 1 aromatic heterocycles. The maximum atomic E-state index is 12.9. The molecule has 0 bridgehead atoms. The van der Waals surface area contributed by atoms with Crippen molar-refractivity contribution < 1.29 is 23.9 Å². The van der Waals surface area contributed by atoms with Crippen molar-refractivity contribution in [3.8, 4) is 17.0 Å². The molecule has 2 aromatic carbocycles. The van der Waals surface area contributed by atoms with Crippen LogP contribution < -0.4 is 21.5 Å². The van der Waals surface area contributed by atoms with E-state index in [2.05, 4.69) is 10.3 Å². The van der Waals surface area contributed by atoms with Crippen molar-refractivity contribution in [3.63, 3.8) is 0 Å². The number of aliphatic imine (C=N–C) groups is 1. The predicted molar refractivity (Wildman–Crippen MR) is 181 cm³/mol. The van der Waals surface area contributed by atoms with Crippen molar-refractivity contribution >= 4 is 46.9 Å². The summed E-state index contributed by atoms with van der Waals surface area (Å²) in [6.07, 6.45) is 1.95. The summed E-state index contributed by atoms with van der Waals surface area (Å²) in [5.41, 5.74) is 14.6. The first-order valence-corrected chi connectivity index (χ1v) is 16.1. The summed E-state index contributed by atoms with van der Waals surface area (Å²) < 4.78 is 12.5. The molecule has 0 spiro atoms. The van der Waals surface area contributed by atoms with Gasteiger partial charge in [0.1, 0.15) is 23.4 Å². The number of nitrogens with zero attached hydrogens (tertiary/aromatic N) is 4. The molecule has 4 rings (SSSR count). The molecule has 12 nitrogen and oxygen atoms in total. The Labute approximate surface area is 284 Å². The average molecular weight is 687 g/mol. The van der Waals surface area contributed by atoms with E-state index in [1.54, 1.807) is 35.2 Å². The van der Waals surface area contributed by atoms with Crippen LogP contribution in [-0.4, -0.2) is 71.2 Å². The highest BCUT2D eigenvalue weighted by Crippen LogP contribution is 2.40. The lowest BCUT2D eigenvalue weighted by molar-refractivity contribution is -0.134. The lowest BCUT2D eigenvalue weighted by atomic mass is 9.92. The molecule has 2 amide bonds. The number of methoxy groups -OCH3 is 1. The number of carbonyl (C=O) groups is 3. The quantitative estimate of drug-likeness (QED) is 0.144. The van der Waals surface area contributed by atoms with Gasteiger partial charge >= 0.3 is 5.97 Å². The first-order valence-electron chi connectivity index (χ1n) is 15.3. The molecule has 3 aromatic rings. The van der Waals surface area contributed by atoms with Gasteiger partial charge in [-0.3, -0.25) is 14.3 Å². The summed E-state index contributed by atoms with van der Waals surface area (Å²) in [6, 6.07) is 11.8. The van der Waals surface area contributed by atoms with Crippen LogP contribution in [0.3, 0.4) is 0 Å². The van der Waals surface area contributed by atoms with Crippen LogP contribution in [-0.2, 0) is 28.0 Å². The van der Waals surface area contributed by atoms with E-state index in [-0.39, 0.29) is 47.8 Å². The minimum absolute atomic E-state index is 0.116. The number of nitrogens with one attached hydrogen (secondary N) is 1. The molecule has 1 aliphatic heterocycles. The van der Waals surface area contributed by atoms with Crippen LogP contribution >= 0.6 is 23.2 Å². The lowest BCUT2D eigenvalue weighted by Crippen LogP contribution is -2.46. The van der Waals surface area contributed by atoms with Gasteiger partial charge in [-0.1, -0.05) is 49.2 Å². The van der Waals surface area contributed by atoms with Gasteiger partial charge in [-0.15, -0.1) is 0 Å². The standard InChI is InChI=1S/C33H41Cl2N7O5/c1-19(2)15-25(39-33(36)37)31(44)38-17-28(43)42-13-11-21(12-14-42)26-16-24(40-41(26)3)23-9-10-27(30(35)29(23)34)47-18-20-5-7-22(8-6-20)32(45)46-4/h5-10,16,19,21,25H,11-15,17-18H2,1-4H3,(H,38,44)(H4,36,37,39)/t25-/m1/s1. The molecule has 252 valence electrons. The van der Waals surface area contributed by atoms with Gasteiger partial charge in [0.25, 0.3) is 0 Å². The van der Waals surface area contributed by atoms with Crippen molar-refractivity contribution in [1.29, 1.82) is 0 Å². The van der Waals surface area contributed by atoms with Gasteiger partial charge in [0.05, 0.1) is 29.9 Å². The smallest absolute Gasteiger partial charge is 0.337 e. The summed E-state index contributed by atoms with van der Waals surface area (Å²) in [5, 5.41) is 8.00. The maximum Gasteiger partial charge on any atom is 0.337 e. The average Bonchev–Trinajstić information content (AvgIpc) is 3.44. The molecule has 1 atom stereocenters. The summed E-state index contributed by atoms with van der Waals surface area (Å²) in [5.74, 6) is -0.287. The number of benzene rings is 2. The fraction of sp³-hybridized carbons (Fsp3) is 0.424. The van der Waals surface area contributed by atoms with E-state index in [9.17, 15) is 14.4 Å².